The molecule has 0 N–H and O–H groups in total. The molecule has 0 amide bonds. The molecule has 1 nitrogen and oxygen atoms in total. The van der Waals surface area contributed by atoms with Crippen molar-refractivity contribution in [2.45, 2.75) is 52.7 Å². The second-order valence-electron chi connectivity index (χ2n) is 4.61. The average molecular weight is 232 g/mol. The van der Waals surface area contributed by atoms with Gasteiger partial charge in [-0.05, 0) is 37.0 Å². The van der Waals surface area contributed by atoms with Gasteiger partial charge in [0, 0.05) is 0 Å². The van der Waals surface area contributed by atoms with Gasteiger partial charge in [-0.15, -0.1) is 0 Å². The Kier molecular flexibility index (Phi) is 5.99. The minimum Gasteiger partial charge on any atom is -0.374 e. The zero-order chi connectivity index (χ0) is 12.7. The van der Waals surface area contributed by atoms with E-state index in [2.05, 4.69) is 45.5 Å². The van der Waals surface area contributed by atoms with Gasteiger partial charge in [0.2, 0.25) is 0 Å². The van der Waals surface area contributed by atoms with E-state index in [9.17, 15) is 0 Å². The van der Waals surface area contributed by atoms with Crippen molar-refractivity contribution in [3.8, 4) is 0 Å². The Morgan fingerprint density at radius 3 is 2.82 bits per heavy atom. The van der Waals surface area contributed by atoms with Crippen molar-refractivity contribution in [1.29, 1.82) is 0 Å². The molecule has 0 aliphatic heterocycles. The lowest BCUT2D eigenvalue weighted by Crippen LogP contribution is -2.09. The maximum atomic E-state index is 5.91. The third-order valence-corrected chi connectivity index (χ3v) is 3.14. The van der Waals surface area contributed by atoms with Crippen molar-refractivity contribution in [2.24, 2.45) is 0 Å². The molecule has 0 saturated heterocycles. The quantitative estimate of drug-likeness (QED) is 0.660. The smallest absolute Gasteiger partial charge is 0.0728 e. The summed E-state index contributed by atoms with van der Waals surface area (Å²) in [5.41, 5.74) is 3.74. The summed E-state index contributed by atoms with van der Waals surface area (Å²) < 4.78 is 5.91. The molecule has 1 aromatic carbocycles. The molecule has 0 aliphatic rings. The zero-order valence-electron chi connectivity index (χ0n) is 11.3. The highest BCUT2D eigenvalue weighted by Gasteiger charge is 2.06. The van der Waals surface area contributed by atoms with Crippen molar-refractivity contribution in [3.63, 3.8) is 0 Å². The van der Waals surface area contributed by atoms with E-state index in [-0.39, 0.29) is 0 Å². The molecule has 1 atom stereocenters. The first-order chi connectivity index (χ1) is 8.19. The van der Waals surface area contributed by atoms with Gasteiger partial charge in [0.25, 0.3) is 0 Å². The fourth-order valence-corrected chi connectivity index (χ4v) is 1.91. The van der Waals surface area contributed by atoms with E-state index in [0.717, 1.165) is 6.42 Å². The van der Waals surface area contributed by atoms with Gasteiger partial charge in [-0.1, -0.05) is 50.6 Å². The SMILES string of the molecule is C=Cc1cccc(C)c1COC(C)CCCC. The molecule has 94 valence electrons. The first kappa shape index (κ1) is 14.0. The molecule has 0 saturated carbocycles. The van der Waals surface area contributed by atoms with Crippen molar-refractivity contribution in [2.75, 3.05) is 0 Å². The van der Waals surface area contributed by atoms with Gasteiger partial charge >= 0.3 is 0 Å². The highest BCUT2D eigenvalue weighted by molar-refractivity contribution is 5.53. The number of unbranched alkanes of at least 4 members (excludes halogenated alkanes) is 1. The fraction of sp³-hybridized carbons (Fsp3) is 0.500. The van der Waals surface area contributed by atoms with Gasteiger partial charge < -0.3 is 4.74 Å². The first-order valence-corrected chi connectivity index (χ1v) is 6.51. The van der Waals surface area contributed by atoms with Crippen molar-refractivity contribution >= 4 is 6.08 Å². The number of benzene rings is 1. The molecule has 0 fully saturated rings. The van der Waals surface area contributed by atoms with Crippen molar-refractivity contribution in [1.82, 2.24) is 0 Å². The summed E-state index contributed by atoms with van der Waals surface area (Å²) in [5, 5.41) is 0. The summed E-state index contributed by atoms with van der Waals surface area (Å²) in [6, 6.07) is 6.29. The first-order valence-electron chi connectivity index (χ1n) is 6.51. The Bertz CT molecular complexity index is 355. The Morgan fingerprint density at radius 2 is 2.18 bits per heavy atom. The van der Waals surface area contributed by atoms with E-state index < -0.39 is 0 Å². The molecule has 0 radical (unpaired) electrons. The molecule has 17 heavy (non-hydrogen) atoms. The number of ether oxygens (including phenoxy) is 1. The van der Waals surface area contributed by atoms with Gasteiger partial charge in [-0.2, -0.15) is 0 Å². The summed E-state index contributed by atoms with van der Waals surface area (Å²) in [6.07, 6.45) is 5.86. The Labute approximate surface area is 106 Å². The highest BCUT2D eigenvalue weighted by Crippen LogP contribution is 2.18. The largest absolute Gasteiger partial charge is 0.374 e. The molecule has 1 unspecified atom stereocenters. The van der Waals surface area contributed by atoms with E-state index in [1.807, 2.05) is 6.08 Å². The molecule has 1 heteroatoms. The van der Waals surface area contributed by atoms with Crippen LogP contribution in [0.4, 0.5) is 0 Å². The van der Waals surface area contributed by atoms with Crippen molar-refractivity contribution in [3.05, 3.63) is 41.5 Å². The number of hydrogen-bond donors (Lipinski definition) is 0. The summed E-state index contributed by atoms with van der Waals surface area (Å²) in [6.45, 7) is 11.0. The number of aryl methyl sites for hydroxylation is 1. The van der Waals surface area contributed by atoms with Crippen LogP contribution in [0.1, 0.15) is 49.8 Å². The van der Waals surface area contributed by atoms with Crippen molar-refractivity contribution < 1.29 is 4.74 Å². The van der Waals surface area contributed by atoms with Crippen LogP contribution in [0.15, 0.2) is 24.8 Å². The maximum Gasteiger partial charge on any atom is 0.0728 e. The molecule has 0 aliphatic carbocycles. The molecular weight excluding hydrogens is 208 g/mol. The minimum atomic E-state index is 0.340. The maximum absolute atomic E-state index is 5.91. The van der Waals surface area contributed by atoms with Gasteiger partial charge in [0.15, 0.2) is 0 Å². The molecule has 0 heterocycles. The van der Waals surface area contributed by atoms with E-state index in [0.29, 0.717) is 12.7 Å². The minimum absolute atomic E-state index is 0.340. The average Bonchev–Trinajstić information content (AvgIpc) is 2.34. The topological polar surface area (TPSA) is 9.23 Å². The Morgan fingerprint density at radius 1 is 1.41 bits per heavy atom. The number of rotatable bonds is 7. The molecule has 1 aromatic rings. The van der Waals surface area contributed by atoms with Crippen LogP contribution in [-0.4, -0.2) is 6.10 Å². The lowest BCUT2D eigenvalue weighted by molar-refractivity contribution is 0.0458. The molecule has 0 spiro atoms. The predicted octanol–water partition coefficient (Wildman–Crippen LogP) is 4.73. The van der Waals surface area contributed by atoms with Gasteiger partial charge in [0.1, 0.15) is 0 Å². The van der Waals surface area contributed by atoms with E-state index in [4.69, 9.17) is 4.74 Å². The summed E-state index contributed by atoms with van der Waals surface area (Å²) >= 11 is 0. The number of hydrogen-bond acceptors (Lipinski definition) is 1. The summed E-state index contributed by atoms with van der Waals surface area (Å²) in [4.78, 5) is 0. The molecule has 1 rings (SSSR count). The fourth-order valence-electron chi connectivity index (χ4n) is 1.91. The van der Waals surface area contributed by atoms with Crippen LogP contribution in [0.25, 0.3) is 6.08 Å². The summed E-state index contributed by atoms with van der Waals surface area (Å²) in [7, 11) is 0. The molecule has 0 bridgehead atoms. The standard InChI is InChI=1S/C16H24O/c1-5-7-10-14(4)17-12-16-13(3)9-8-11-15(16)6-2/h6,8-9,11,14H,2,5,7,10,12H2,1,3-4H3. The summed E-state index contributed by atoms with van der Waals surface area (Å²) in [5.74, 6) is 0. The lowest BCUT2D eigenvalue weighted by Gasteiger charge is -2.15. The van der Waals surface area contributed by atoms with Crippen LogP contribution in [-0.2, 0) is 11.3 Å². The van der Waals surface area contributed by atoms with Gasteiger partial charge in [-0.25, -0.2) is 0 Å². The van der Waals surface area contributed by atoms with Crippen LogP contribution >= 0.6 is 0 Å². The van der Waals surface area contributed by atoms with E-state index in [1.165, 1.54) is 29.5 Å². The van der Waals surface area contributed by atoms with Crippen LogP contribution in [0.2, 0.25) is 0 Å². The Hall–Kier alpha value is -1.08. The normalized spacial score (nSPS) is 12.4. The Balaban J connectivity index is 2.59. The second-order valence-corrected chi connectivity index (χ2v) is 4.61. The zero-order valence-corrected chi connectivity index (χ0v) is 11.3. The predicted molar refractivity (Wildman–Crippen MR) is 75.0 cm³/mol. The highest BCUT2D eigenvalue weighted by atomic mass is 16.5. The van der Waals surface area contributed by atoms with E-state index in [1.54, 1.807) is 0 Å². The van der Waals surface area contributed by atoms with Gasteiger partial charge in [-0.3, -0.25) is 0 Å². The second kappa shape index (κ2) is 7.29. The van der Waals surface area contributed by atoms with Crippen LogP contribution in [0.3, 0.4) is 0 Å². The monoisotopic (exact) mass is 232 g/mol. The lowest BCUT2D eigenvalue weighted by atomic mass is 10.0. The molecular formula is C16H24O. The third-order valence-electron chi connectivity index (χ3n) is 3.14. The third kappa shape index (κ3) is 4.35. The van der Waals surface area contributed by atoms with Crippen LogP contribution in [0, 0.1) is 6.92 Å². The van der Waals surface area contributed by atoms with Crippen LogP contribution in [0.5, 0.6) is 0 Å². The van der Waals surface area contributed by atoms with Gasteiger partial charge in [0.05, 0.1) is 12.7 Å². The molecule has 0 aromatic heterocycles. The van der Waals surface area contributed by atoms with Crippen LogP contribution < -0.4 is 0 Å². The van der Waals surface area contributed by atoms with E-state index >= 15 is 0 Å².